The summed E-state index contributed by atoms with van der Waals surface area (Å²) in [6.07, 6.45) is 2.38. The van der Waals surface area contributed by atoms with Crippen LogP contribution in [0.15, 0.2) is 88.7 Å². The lowest BCUT2D eigenvalue weighted by molar-refractivity contribution is -0.129. The molecule has 39 heavy (non-hydrogen) atoms. The number of para-hydroxylation sites is 1. The van der Waals surface area contributed by atoms with Gasteiger partial charge in [-0.05, 0) is 47.9 Å². The molecule has 8 nitrogen and oxygen atoms in total. The first kappa shape index (κ1) is 24.6. The van der Waals surface area contributed by atoms with E-state index >= 15 is 0 Å². The molecule has 3 heterocycles. The van der Waals surface area contributed by atoms with E-state index in [1.165, 1.54) is 30.2 Å². The third-order valence-electron chi connectivity index (χ3n) is 7.04. The van der Waals surface area contributed by atoms with E-state index < -0.39 is 23.5 Å². The molecule has 1 aliphatic heterocycles. The number of rotatable bonds is 7. The number of carbonyl (C=O) groups is 2. The normalized spacial score (nSPS) is 15.6. The fourth-order valence-electron chi connectivity index (χ4n) is 5.18. The number of aromatic amines is 1. The van der Waals surface area contributed by atoms with Gasteiger partial charge in [0.25, 0.3) is 5.91 Å². The van der Waals surface area contributed by atoms with Crippen molar-refractivity contribution in [1.82, 2.24) is 9.88 Å². The van der Waals surface area contributed by atoms with Gasteiger partial charge in [-0.2, -0.15) is 0 Å². The van der Waals surface area contributed by atoms with E-state index in [1.54, 1.807) is 24.3 Å². The Labute approximate surface area is 227 Å². The zero-order valence-electron chi connectivity index (χ0n) is 20.8. The number of aromatic nitrogens is 1. The van der Waals surface area contributed by atoms with Crippen LogP contribution < -0.4 is 4.74 Å². The first-order valence-corrected chi connectivity index (χ1v) is 12.6. The number of aromatic hydroxyl groups is 1. The highest BCUT2D eigenvalue weighted by Gasteiger charge is 2.44. The standard InChI is InChI=1S/C30H23ClN2O6/c1-38-24-14-19(31)12-18-13-23(39-29(18)24)27(35)25-26(16-6-8-20(34)9-7-16)33(30(37)28(25)36)11-10-17-15-32-22-5-3-2-4-21(17)22/h2-9,12-15,26,32,34,36H,10-11H2,1H3. The SMILES string of the molecule is COc1cc(Cl)cc2cc(C(=O)C3=C(O)C(=O)N(CCc4c[nH]c5ccccc45)C3c3ccc(O)cc3)oc12. The molecular formula is C30H23ClN2O6. The zero-order valence-corrected chi connectivity index (χ0v) is 21.5. The second-order valence-electron chi connectivity index (χ2n) is 9.33. The summed E-state index contributed by atoms with van der Waals surface area (Å²) in [6, 6.07) is 17.9. The maximum absolute atomic E-state index is 13.8. The Bertz CT molecular complexity index is 1780. The number of methoxy groups -OCH3 is 1. The number of carbonyl (C=O) groups excluding carboxylic acids is 2. The first-order chi connectivity index (χ1) is 18.9. The smallest absolute Gasteiger partial charge is 0.290 e. The summed E-state index contributed by atoms with van der Waals surface area (Å²) in [4.78, 5) is 31.9. The van der Waals surface area contributed by atoms with Gasteiger partial charge < -0.3 is 29.3 Å². The second kappa shape index (κ2) is 9.56. The Morgan fingerprint density at radius 2 is 1.87 bits per heavy atom. The fraction of sp³-hybridized carbons (Fsp3) is 0.133. The predicted molar refractivity (Wildman–Crippen MR) is 146 cm³/mol. The molecule has 0 fully saturated rings. The summed E-state index contributed by atoms with van der Waals surface area (Å²) in [6.45, 7) is 0.233. The number of furan rings is 1. The highest BCUT2D eigenvalue weighted by Crippen LogP contribution is 2.41. The number of benzene rings is 3. The van der Waals surface area contributed by atoms with Crippen molar-refractivity contribution in [2.75, 3.05) is 13.7 Å². The van der Waals surface area contributed by atoms with Crippen LogP contribution in [0.25, 0.3) is 21.9 Å². The van der Waals surface area contributed by atoms with Crippen molar-refractivity contribution >= 4 is 45.2 Å². The second-order valence-corrected chi connectivity index (χ2v) is 9.77. The minimum Gasteiger partial charge on any atom is -0.508 e. The van der Waals surface area contributed by atoms with Crippen LogP contribution in [0, 0.1) is 0 Å². The Balaban J connectivity index is 1.39. The van der Waals surface area contributed by atoms with Crippen LogP contribution in [0.1, 0.15) is 27.7 Å². The number of H-pyrrole nitrogens is 1. The summed E-state index contributed by atoms with van der Waals surface area (Å²) >= 11 is 6.18. The summed E-state index contributed by atoms with van der Waals surface area (Å²) in [5, 5.41) is 22.9. The van der Waals surface area contributed by atoms with E-state index in [9.17, 15) is 19.8 Å². The molecule has 5 aromatic rings. The number of hydrogen-bond acceptors (Lipinski definition) is 6. The van der Waals surface area contributed by atoms with Gasteiger partial charge in [0.05, 0.1) is 18.7 Å². The number of ether oxygens (including phenoxy) is 1. The molecule has 196 valence electrons. The number of ketones is 1. The number of phenolic OH excluding ortho intramolecular Hbond substituents is 1. The number of hydrogen-bond donors (Lipinski definition) is 3. The van der Waals surface area contributed by atoms with Gasteiger partial charge in [0.15, 0.2) is 22.9 Å². The Kier molecular flexibility index (Phi) is 6.04. The topological polar surface area (TPSA) is 116 Å². The lowest BCUT2D eigenvalue weighted by atomic mass is 9.94. The number of amides is 1. The molecule has 2 aromatic heterocycles. The highest BCUT2D eigenvalue weighted by molar-refractivity contribution is 6.31. The average molecular weight is 543 g/mol. The van der Waals surface area contributed by atoms with Gasteiger partial charge in [0.2, 0.25) is 5.78 Å². The number of Topliss-reactive ketones (excluding diaryl/α,β-unsaturated/α-hetero) is 1. The third kappa shape index (κ3) is 4.19. The Morgan fingerprint density at radius 3 is 2.64 bits per heavy atom. The average Bonchev–Trinajstić information content (AvgIpc) is 3.62. The van der Waals surface area contributed by atoms with Crippen molar-refractivity contribution in [2.45, 2.75) is 12.5 Å². The molecule has 3 N–H and O–H groups in total. The van der Waals surface area contributed by atoms with Gasteiger partial charge in [0.1, 0.15) is 5.75 Å². The van der Waals surface area contributed by atoms with Crippen LogP contribution in [-0.4, -0.2) is 45.4 Å². The van der Waals surface area contributed by atoms with Crippen molar-refractivity contribution < 1.29 is 29.0 Å². The largest absolute Gasteiger partial charge is 0.508 e. The molecule has 9 heteroatoms. The van der Waals surface area contributed by atoms with Crippen molar-refractivity contribution in [2.24, 2.45) is 0 Å². The number of nitrogens with zero attached hydrogens (tertiary/aromatic N) is 1. The number of halogens is 1. The van der Waals surface area contributed by atoms with Crippen LogP contribution in [0.5, 0.6) is 11.5 Å². The molecule has 1 aliphatic rings. The number of nitrogens with one attached hydrogen (secondary N) is 1. The van der Waals surface area contributed by atoms with Crippen molar-refractivity contribution in [3.05, 3.63) is 106 Å². The van der Waals surface area contributed by atoms with E-state index in [-0.39, 0.29) is 23.6 Å². The lowest BCUT2D eigenvalue weighted by Crippen LogP contribution is -2.33. The molecule has 3 aromatic carbocycles. The molecular weight excluding hydrogens is 520 g/mol. The van der Waals surface area contributed by atoms with Crippen molar-refractivity contribution in [1.29, 1.82) is 0 Å². The molecule has 0 bridgehead atoms. The van der Waals surface area contributed by atoms with Crippen LogP contribution in [0.3, 0.4) is 0 Å². The maximum atomic E-state index is 13.8. The molecule has 1 atom stereocenters. The molecule has 1 unspecified atom stereocenters. The van der Waals surface area contributed by atoms with Crippen molar-refractivity contribution in [3.8, 4) is 11.5 Å². The van der Waals surface area contributed by atoms with E-state index in [0.29, 0.717) is 33.7 Å². The monoisotopic (exact) mass is 542 g/mol. The van der Waals surface area contributed by atoms with Crippen LogP contribution in [0.4, 0.5) is 0 Å². The first-order valence-electron chi connectivity index (χ1n) is 12.3. The quantitative estimate of drug-likeness (QED) is 0.214. The van der Waals surface area contributed by atoms with Gasteiger partial charge in [-0.15, -0.1) is 0 Å². The van der Waals surface area contributed by atoms with Crippen LogP contribution >= 0.6 is 11.6 Å². The Hall–Kier alpha value is -4.69. The van der Waals surface area contributed by atoms with Gasteiger partial charge in [-0.25, -0.2) is 0 Å². The van der Waals surface area contributed by atoms with E-state index in [2.05, 4.69) is 4.98 Å². The zero-order chi connectivity index (χ0) is 27.3. The number of phenols is 1. The summed E-state index contributed by atoms with van der Waals surface area (Å²) < 4.78 is 11.2. The third-order valence-corrected chi connectivity index (χ3v) is 7.26. The number of aliphatic hydroxyl groups is 1. The highest BCUT2D eigenvalue weighted by atomic mass is 35.5. The van der Waals surface area contributed by atoms with Crippen LogP contribution in [0.2, 0.25) is 5.02 Å². The molecule has 1 amide bonds. The summed E-state index contributed by atoms with van der Waals surface area (Å²) in [5.74, 6) is -1.61. The fourth-order valence-corrected chi connectivity index (χ4v) is 5.40. The minimum atomic E-state index is -0.894. The molecule has 0 radical (unpaired) electrons. The number of aliphatic hydroxyl groups excluding tert-OH is 1. The Morgan fingerprint density at radius 1 is 1.10 bits per heavy atom. The molecule has 0 saturated carbocycles. The molecule has 0 saturated heterocycles. The van der Waals surface area contributed by atoms with Crippen molar-refractivity contribution in [3.63, 3.8) is 0 Å². The maximum Gasteiger partial charge on any atom is 0.290 e. The van der Waals surface area contributed by atoms with E-state index in [4.69, 9.17) is 20.8 Å². The lowest BCUT2D eigenvalue weighted by Gasteiger charge is -2.26. The molecule has 0 aliphatic carbocycles. The van der Waals surface area contributed by atoms with Gasteiger partial charge in [0, 0.05) is 40.1 Å². The van der Waals surface area contributed by atoms with E-state index in [0.717, 1.165) is 16.5 Å². The molecule has 6 rings (SSSR count). The minimum absolute atomic E-state index is 0.0377. The summed E-state index contributed by atoms with van der Waals surface area (Å²) in [5.41, 5.74) is 2.76. The van der Waals surface area contributed by atoms with Crippen LogP contribution in [-0.2, 0) is 11.2 Å². The van der Waals surface area contributed by atoms with Gasteiger partial charge >= 0.3 is 0 Å². The summed E-state index contributed by atoms with van der Waals surface area (Å²) in [7, 11) is 1.46. The predicted octanol–water partition coefficient (Wildman–Crippen LogP) is 6.10. The van der Waals surface area contributed by atoms with Gasteiger partial charge in [-0.1, -0.05) is 41.9 Å². The van der Waals surface area contributed by atoms with Gasteiger partial charge in [-0.3, -0.25) is 9.59 Å². The van der Waals surface area contributed by atoms with E-state index in [1.807, 2.05) is 30.5 Å². The molecule has 0 spiro atoms. The number of fused-ring (bicyclic) bond motifs is 2.